The van der Waals surface area contributed by atoms with E-state index in [4.69, 9.17) is 0 Å². The van der Waals surface area contributed by atoms with Gasteiger partial charge >= 0.3 is 0 Å². The molecule has 3 aromatic heterocycles. The molecule has 0 bridgehead atoms. The van der Waals surface area contributed by atoms with Gasteiger partial charge in [-0.15, -0.1) is 16.4 Å². The first-order valence-corrected chi connectivity index (χ1v) is 10.9. The predicted molar refractivity (Wildman–Crippen MR) is 115 cm³/mol. The van der Waals surface area contributed by atoms with Gasteiger partial charge in [0.2, 0.25) is 5.16 Å². The maximum absolute atomic E-state index is 12.9. The zero-order chi connectivity index (χ0) is 20.5. The third-order valence-electron chi connectivity index (χ3n) is 4.70. The van der Waals surface area contributed by atoms with Crippen LogP contribution in [-0.4, -0.2) is 41.3 Å². The highest BCUT2D eigenvalue weighted by Gasteiger charge is 2.19. The molecule has 148 valence electrons. The SMILES string of the molecule is Cc1ccc(-n2nnnc2SCC(=O)c2cc(C)n(-c3nccs3)c2C)c(C)c1. The minimum atomic E-state index is 0.0427. The van der Waals surface area contributed by atoms with Gasteiger partial charge in [0, 0.05) is 28.5 Å². The molecule has 1 aromatic carbocycles. The van der Waals surface area contributed by atoms with Crippen LogP contribution < -0.4 is 0 Å². The van der Waals surface area contributed by atoms with E-state index in [0.717, 1.165) is 27.8 Å². The summed E-state index contributed by atoms with van der Waals surface area (Å²) >= 11 is 2.89. The monoisotopic (exact) mass is 424 g/mol. The highest BCUT2D eigenvalue weighted by atomic mass is 32.2. The molecule has 4 rings (SSSR count). The Morgan fingerprint density at radius 2 is 2.00 bits per heavy atom. The van der Waals surface area contributed by atoms with Gasteiger partial charge < -0.3 is 0 Å². The summed E-state index contributed by atoms with van der Waals surface area (Å²) in [5.41, 5.74) is 5.77. The molecule has 0 atom stereocenters. The smallest absolute Gasteiger partial charge is 0.214 e. The number of benzene rings is 1. The minimum absolute atomic E-state index is 0.0427. The maximum Gasteiger partial charge on any atom is 0.214 e. The summed E-state index contributed by atoms with van der Waals surface area (Å²) in [6.45, 7) is 8.01. The van der Waals surface area contributed by atoms with Gasteiger partial charge in [-0.3, -0.25) is 9.36 Å². The molecule has 3 heterocycles. The van der Waals surface area contributed by atoms with Crippen LogP contribution in [0.4, 0.5) is 0 Å². The fourth-order valence-electron chi connectivity index (χ4n) is 3.34. The van der Waals surface area contributed by atoms with Crippen LogP contribution in [0.15, 0.2) is 41.0 Å². The van der Waals surface area contributed by atoms with E-state index < -0.39 is 0 Å². The van der Waals surface area contributed by atoms with Crippen molar-refractivity contribution in [3.8, 4) is 10.8 Å². The zero-order valence-electron chi connectivity index (χ0n) is 16.6. The van der Waals surface area contributed by atoms with Gasteiger partial charge in [0.15, 0.2) is 10.9 Å². The Bertz CT molecular complexity index is 1180. The number of aryl methyl sites for hydroxylation is 3. The number of thioether (sulfide) groups is 1. The van der Waals surface area contributed by atoms with Gasteiger partial charge in [0.1, 0.15) is 0 Å². The van der Waals surface area contributed by atoms with E-state index >= 15 is 0 Å². The molecule has 0 saturated heterocycles. The van der Waals surface area contributed by atoms with Crippen molar-refractivity contribution in [2.24, 2.45) is 0 Å². The number of aromatic nitrogens is 6. The highest BCUT2D eigenvalue weighted by molar-refractivity contribution is 7.99. The lowest BCUT2D eigenvalue weighted by Gasteiger charge is -2.08. The number of hydrogen-bond acceptors (Lipinski definition) is 7. The van der Waals surface area contributed by atoms with Crippen LogP contribution in [0.1, 0.15) is 32.9 Å². The molecule has 0 radical (unpaired) electrons. The number of carbonyl (C=O) groups is 1. The average molecular weight is 425 g/mol. The summed E-state index contributed by atoms with van der Waals surface area (Å²) in [5.74, 6) is 0.300. The average Bonchev–Trinajstić information content (AvgIpc) is 3.41. The molecule has 7 nitrogen and oxygen atoms in total. The maximum atomic E-state index is 12.9. The van der Waals surface area contributed by atoms with Crippen LogP contribution in [0, 0.1) is 27.7 Å². The Hall–Kier alpha value is -2.78. The van der Waals surface area contributed by atoms with E-state index in [-0.39, 0.29) is 11.5 Å². The number of nitrogens with zero attached hydrogens (tertiary/aromatic N) is 6. The van der Waals surface area contributed by atoms with Crippen LogP contribution in [0.2, 0.25) is 0 Å². The second-order valence-corrected chi connectivity index (χ2v) is 8.63. The number of tetrazole rings is 1. The van der Waals surface area contributed by atoms with Crippen LogP contribution in [0.5, 0.6) is 0 Å². The zero-order valence-corrected chi connectivity index (χ0v) is 18.2. The molecular weight excluding hydrogens is 404 g/mol. The first-order valence-electron chi connectivity index (χ1n) is 9.06. The molecule has 0 aliphatic heterocycles. The number of thiazole rings is 1. The number of ketones is 1. The molecule has 0 aliphatic carbocycles. The van der Waals surface area contributed by atoms with Gasteiger partial charge in [0.25, 0.3) is 0 Å². The quantitative estimate of drug-likeness (QED) is 0.342. The van der Waals surface area contributed by atoms with Crippen molar-refractivity contribution < 1.29 is 4.79 Å². The molecule has 0 amide bonds. The third kappa shape index (κ3) is 3.75. The van der Waals surface area contributed by atoms with Crippen LogP contribution in [0.3, 0.4) is 0 Å². The minimum Gasteiger partial charge on any atom is -0.294 e. The van der Waals surface area contributed by atoms with Crippen molar-refractivity contribution >= 4 is 28.9 Å². The summed E-state index contributed by atoms with van der Waals surface area (Å²) in [5, 5.41) is 15.4. The van der Waals surface area contributed by atoms with E-state index in [1.165, 1.54) is 17.3 Å². The summed E-state index contributed by atoms with van der Waals surface area (Å²) in [6, 6.07) is 8.03. The summed E-state index contributed by atoms with van der Waals surface area (Å²) in [4.78, 5) is 17.3. The molecule has 0 unspecified atom stereocenters. The number of hydrogen-bond donors (Lipinski definition) is 0. The molecule has 0 spiro atoms. The Labute approximate surface area is 176 Å². The Morgan fingerprint density at radius 1 is 1.17 bits per heavy atom. The number of rotatable bonds is 6. The van der Waals surface area contributed by atoms with Crippen molar-refractivity contribution in [2.45, 2.75) is 32.9 Å². The van der Waals surface area contributed by atoms with E-state index in [1.807, 2.05) is 55.8 Å². The Kier molecular flexibility index (Phi) is 5.33. The van der Waals surface area contributed by atoms with Gasteiger partial charge in [-0.25, -0.2) is 4.98 Å². The fraction of sp³-hybridized carbons (Fsp3) is 0.250. The van der Waals surface area contributed by atoms with Crippen LogP contribution >= 0.6 is 23.1 Å². The summed E-state index contributed by atoms with van der Waals surface area (Å²) in [6.07, 6.45) is 1.77. The van der Waals surface area contributed by atoms with E-state index in [2.05, 4.69) is 26.6 Å². The second kappa shape index (κ2) is 7.92. The van der Waals surface area contributed by atoms with Crippen LogP contribution in [-0.2, 0) is 0 Å². The largest absolute Gasteiger partial charge is 0.294 e. The molecule has 4 aromatic rings. The highest BCUT2D eigenvalue weighted by Crippen LogP contribution is 2.26. The first kappa shape index (κ1) is 19.5. The molecule has 0 aliphatic rings. The van der Waals surface area contributed by atoms with E-state index in [0.29, 0.717) is 10.7 Å². The molecule has 0 fully saturated rings. The third-order valence-corrected chi connectivity index (χ3v) is 6.37. The van der Waals surface area contributed by atoms with Crippen molar-refractivity contribution in [1.82, 2.24) is 29.8 Å². The van der Waals surface area contributed by atoms with Crippen molar-refractivity contribution in [2.75, 3.05) is 5.75 Å². The molecule has 0 N–H and O–H groups in total. The van der Waals surface area contributed by atoms with Gasteiger partial charge in [-0.1, -0.05) is 29.5 Å². The van der Waals surface area contributed by atoms with Crippen molar-refractivity contribution in [3.05, 3.63) is 63.9 Å². The standard InChI is InChI=1S/C20H20N6OS2/c1-12-5-6-17(13(2)9-12)26-20(22-23-24-26)29-11-18(27)16-10-14(3)25(15(16)4)19-21-7-8-28-19/h5-10H,11H2,1-4H3. The number of carbonyl (C=O) groups excluding carboxylic acids is 1. The van der Waals surface area contributed by atoms with Gasteiger partial charge in [-0.05, 0) is 55.8 Å². The van der Waals surface area contributed by atoms with Gasteiger partial charge in [0.05, 0.1) is 11.4 Å². The van der Waals surface area contributed by atoms with Gasteiger partial charge in [-0.2, -0.15) is 4.68 Å². The molecule has 29 heavy (non-hydrogen) atoms. The number of Topliss-reactive ketones (excluding diaryl/α,β-unsaturated/α-hetero) is 1. The summed E-state index contributed by atoms with van der Waals surface area (Å²) < 4.78 is 3.70. The van der Waals surface area contributed by atoms with E-state index in [1.54, 1.807) is 22.2 Å². The van der Waals surface area contributed by atoms with Crippen molar-refractivity contribution in [3.63, 3.8) is 0 Å². The lowest BCUT2D eigenvalue weighted by molar-refractivity contribution is 0.102. The first-order chi connectivity index (χ1) is 14.0. The van der Waals surface area contributed by atoms with Crippen molar-refractivity contribution in [1.29, 1.82) is 0 Å². The molecular formula is C20H20N6OS2. The topological polar surface area (TPSA) is 78.5 Å². The molecule has 0 saturated carbocycles. The van der Waals surface area contributed by atoms with E-state index in [9.17, 15) is 4.79 Å². The second-order valence-electron chi connectivity index (χ2n) is 6.81. The lowest BCUT2D eigenvalue weighted by atomic mass is 10.1. The Morgan fingerprint density at radius 3 is 2.72 bits per heavy atom. The molecule has 9 heteroatoms. The predicted octanol–water partition coefficient (Wildman–Crippen LogP) is 4.12. The normalized spacial score (nSPS) is 11.2. The summed E-state index contributed by atoms with van der Waals surface area (Å²) in [7, 11) is 0. The lowest BCUT2D eigenvalue weighted by Crippen LogP contribution is -2.07. The Balaban J connectivity index is 1.55. The van der Waals surface area contributed by atoms with Crippen LogP contribution in [0.25, 0.3) is 10.8 Å². The fourth-order valence-corrected chi connectivity index (χ4v) is 4.86.